The van der Waals surface area contributed by atoms with Gasteiger partial charge in [-0.2, -0.15) is 0 Å². The van der Waals surface area contributed by atoms with Crippen molar-refractivity contribution in [1.29, 1.82) is 0 Å². The Morgan fingerprint density at radius 3 is 2.34 bits per heavy atom. The lowest BCUT2D eigenvalue weighted by atomic mass is 10.2. The standard InChI is InChI=1S/C21H24N2O6/c1-26-16-6-4-5-7-18(16)29-13-20(24)22-14-10-21(25)23(12-14)15-8-9-17(27-2)19(11-15)28-3/h4-9,11,14H,10,12-13H2,1-3H3,(H,22,24). The number of anilines is 1. The van der Waals surface area contributed by atoms with Gasteiger partial charge in [-0.15, -0.1) is 0 Å². The zero-order valence-corrected chi connectivity index (χ0v) is 16.6. The van der Waals surface area contributed by atoms with E-state index < -0.39 is 0 Å². The normalized spacial score (nSPS) is 15.8. The highest BCUT2D eigenvalue weighted by Crippen LogP contribution is 2.33. The van der Waals surface area contributed by atoms with Crippen molar-refractivity contribution < 1.29 is 28.5 Å². The molecule has 154 valence electrons. The van der Waals surface area contributed by atoms with Crippen molar-refractivity contribution in [3.63, 3.8) is 0 Å². The maximum atomic E-state index is 12.4. The van der Waals surface area contributed by atoms with Gasteiger partial charge < -0.3 is 29.2 Å². The van der Waals surface area contributed by atoms with Gasteiger partial charge in [0.1, 0.15) is 0 Å². The lowest BCUT2D eigenvalue weighted by molar-refractivity contribution is -0.123. The molecule has 1 aliphatic heterocycles. The van der Waals surface area contributed by atoms with Crippen LogP contribution in [0.1, 0.15) is 6.42 Å². The summed E-state index contributed by atoms with van der Waals surface area (Å²) >= 11 is 0. The molecule has 0 saturated carbocycles. The first-order chi connectivity index (χ1) is 14.0. The SMILES string of the molecule is COc1ccc(N2CC(NC(=O)COc3ccccc3OC)CC2=O)cc1OC. The molecule has 29 heavy (non-hydrogen) atoms. The Bertz CT molecular complexity index is 885. The Kier molecular flexibility index (Phi) is 6.43. The molecular formula is C21H24N2O6. The number of hydrogen-bond donors (Lipinski definition) is 1. The fraction of sp³-hybridized carbons (Fsp3) is 0.333. The highest BCUT2D eigenvalue weighted by atomic mass is 16.5. The number of amides is 2. The quantitative estimate of drug-likeness (QED) is 0.730. The number of para-hydroxylation sites is 2. The molecule has 1 N–H and O–H groups in total. The van der Waals surface area contributed by atoms with E-state index in [9.17, 15) is 9.59 Å². The number of methoxy groups -OCH3 is 3. The van der Waals surface area contributed by atoms with Crippen molar-refractivity contribution in [3.05, 3.63) is 42.5 Å². The van der Waals surface area contributed by atoms with Crippen LogP contribution < -0.4 is 29.2 Å². The van der Waals surface area contributed by atoms with Crippen LogP contribution in [0, 0.1) is 0 Å². The van der Waals surface area contributed by atoms with Crippen molar-refractivity contribution >= 4 is 17.5 Å². The van der Waals surface area contributed by atoms with E-state index in [0.29, 0.717) is 35.2 Å². The average molecular weight is 400 g/mol. The smallest absolute Gasteiger partial charge is 0.258 e. The molecule has 0 bridgehead atoms. The van der Waals surface area contributed by atoms with Gasteiger partial charge in [0.05, 0.1) is 27.4 Å². The number of rotatable bonds is 8. The molecule has 1 atom stereocenters. The Labute approximate surface area is 169 Å². The molecule has 2 aromatic carbocycles. The number of carbonyl (C=O) groups excluding carboxylic acids is 2. The fourth-order valence-electron chi connectivity index (χ4n) is 3.20. The summed E-state index contributed by atoms with van der Waals surface area (Å²) in [5.74, 6) is 1.78. The molecule has 1 saturated heterocycles. The van der Waals surface area contributed by atoms with E-state index in [4.69, 9.17) is 18.9 Å². The largest absolute Gasteiger partial charge is 0.493 e. The van der Waals surface area contributed by atoms with Crippen molar-refractivity contribution in [2.24, 2.45) is 0 Å². The van der Waals surface area contributed by atoms with E-state index in [-0.39, 0.29) is 30.9 Å². The summed E-state index contributed by atoms with van der Waals surface area (Å²) in [7, 11) is 4.63. The van der Waals surface area contributed by atoms with E-state index in [1.54, 1.807) is 48.4 Å². The molecule has 3 rings (SSSR count). The van der Waals surface area contributed by atoms with Crippen LogP contribution in [-0.2, 0) is 9.59 Å². The molecule has 8 heteroatoms. The van der Waals surface area contributed by atoms with Gasteiger partial charge >= 0.3 is 0 Å². The first kappa shape index (κ1) is 20.3. The molecular weight excluding hydrogens is 376 g/mol. The summed E-state index contributed by atoms with van der Waals surface area (Å²) in [5, 5.41) is 2.84. The van der Waals surface area contributed by atoms with Gasteiger partial charge in [0, 0.05) is 24.7 Å². The second-order valence-electron chi connectivity index (χ2n) is 6.45. The molecule has 0 aromatic heterocycles. The molecule has 2 aromatic rings. The Morgan fingerprint density at radius 2 is 1.66 bits per heavy atom. The minimum absolute atomic E-state index is 0.0758. The number of carbonyl (C=O) groups is 2. The van der Waals surface area contributed by atoms with Crippen LogP contribution in [0.3, 0.4) is 0 Å². The van der Waals surface area contributed by atoms with Crippen LogP contribution in [0.25, 0.3) is 0 Å². The van der Waals surface area contributed by atoms with Gasteiger partial charge in [-0.1, -0.05) is 12.1 Å². The van der Waals surface area contributed by atoms with Gasteiger partial charge in [-0.3, -0.25) is 9.59 Å². The van der Waals surface area contributed by atoms with Crippen LogP contribution in [-0.4, -0.2) is 52.3 Å². The maximum absolute atomic E-state index is 12.4. The summed E-state index contributed by atoms with van der Waals surface area (Å²) in [5.41, 5.74) is 0.690. The van der Waals surface area contributed by atoms with E-state index in [0.717, 1.165) is 0 Å². The highest BCUT2D eigenvalue weighted by Gasteiger charge is 2.32. The molecule has 2 amide bonds. The van der Waals surface area contributed by atoms with Crippen LogP contribution in [0.15, 0.2) is 42.5 Å². The summed E-state index contributed by atoms with van der Waals surface area (Å²) in [6, 6.07) is 12.1. The first-order valence-electron chi connectivity index (χ1n) is 9.13. The lowest BCUT2D eigenvalue weighted by Gasteiger charge is -2.19. The predicted octanol–water partition coefficient (Wildman–Crippen LogP) is 2.01. The van der Waals surface area contributed by atoms with Gasteiger partial charge in [-0.05, 0) is 24.3 Å². The van der Waals surface area contributed by atoms with Crippen LogP contribution in [0.4, 0.5) is 5.69 Å². The van der Waals surface area contributed by atoms with Crippen molar-refractivity contribution in [1.82, 2.24) is 5.32 Å². The van der Waals surface area contributed by atoms with E-state index in [2.05, 4.69) is 5.32 Å². The maximum Gasteiger partial charge on any atom is 0.258 e. The molecule has 1 heterocycles. The van der Waals surface area contributed by atoms with Gasteiger partial charge in [0.25, 0.3) is 5.91 Å². The molecule has 1 aliphatic rings. The Balaban J connectivity index is 1.58. The molecule has 0 spiro atoms. The van der Waals surface area contributed by atoms with Crippen LogP contribution >= 0.6 is 0 Å². The van der Waals surface area contributed by atoms with E-state index >= 15 is 0 Å². The molecule has 1 fully saturated rings. The highest BCUT2D eigenvalue weighted by molar-refractivity contribution is 5.97. The third-order valence-corrected chi connectivity index (χ3v) is 4.60. The summed E-state index contributed by atoms with van der Waals surface area (Å²) in [6.45, 7) is 0.205. The molecule has 1 unspecified atom stereocenters. The number of benzene rings is 2. The topological polar surface area (TPSA) is 86.3 Å². The second-order valence-corrected chi connectivity index (χ2v) is 6.45. The summed E-state index contributed by atoms with van der Waals surface area (Å²) in [4.78, 5) is 26.3. The molecule has 0 aliphatic carbocycles. The van der Waals surface area contributed by atoms with Gasteiger partial charge in [0.2, 0.25) is 5.91 Å². The second kappa shape index (κ2) is 9.18. The molecule has 8 nitrogen and oxygen atoms in total. The van der Waals surface area contributed by atoms with Gasteiger partial charge in [-0.25, -0.2) is 0 Å². The zero-order valence-electron chi connectivity index (χ0n) is 16.6. The third kappa shape index (κ3) is 4.71. The number of nitrogens with zero attached hydrogens (tertiary/aromatic N) is 1. The predicted molar refractivity (Wildman–Crippen MR) is 107 cm³/mol. The fourth-order valence-corrected chi connectivity index (χ4v) is 3.20. The minimum Gasteiger partial charge on any atom is -0.493 e. The number of nitrogens with one attached hydrogen (secondary N) is 1. The van der Waals surface area contributed by atoms with Gasteiger partial charge in [0.15, 0.2) is 29.6 Å². The van der Waals surface area contributed by atoms with E-state index in [1.165, 1.54) is 14.2 Å². The first-order valence-corrected chi connectivity index (χ1v) is 9.13. The Hall–Kier alpha value is -3.42. The number of hydrogen-bond acceptors (Lipinski definition) is 6. The van der Waals surface area contributed by atoms with Crippen molar-refractivity contribution in [2.75, 3.05) is 39.4 Å². The monoisotopic (exact) mass is 400 g/mol. The Morgan fingerprint density at radius 1 is 1.00 bits per heavy atom. The average Bonchev–Trinajstić information content (AvgIpc) is 3.11. The lowest BCUT2D eigenvalue weighted by Crippen LogP contribution is -2.39. The summed E-state index contributed by atoms with van der Waals surface area (Å²) < 4.78 is 21.2. The zero-order chi connectivity index (χ0) is 20.8. The van der Waals surface area contributed by atoms with Crippen molar-refractivity contribution in [3.8, 4) is 23.0 Å². The third-order valence-electron chi connectivity index (χ3n) is 4.60. The summed E-state index contributed by atoms with van der Waals surface area (Å²) in [6.07, 6.45) is 0.217. The van der Waals surface area contributed by atoms with Crippen LogP contribution in [0.2, 0.25) is 0 Å². The minimum atomic E-state index is -0.303. The van der Waals surface area contributed by atoms with Crippen LogP contribution in [0.5, 0.6) is 23.0 Å². The number of ether oxygens (including phenoxy) is 4. The van der Waals surface area contributed by atoms with Crippen molar-refractivity contribution in [2.45, 2.75) is 12.5 Å². The van der Waals surface area contributed by atoms with E-state index in [1.807, 2.05) is 6.07 Å². The molecule has 0 radical (unpaired) electrons.